The summed E-state index contributed by atoms with van der Waals surface area (Å²) in [5, 5.41) is 12.9. The zero-order valence-electron chi connectivity index (χ0n) is 10.1. The molecule has 8 heteroatoms. The number of hydrogen-bond donors (Lipinski definition) is 3. The molecule has 1 aromatic heterocycles. The predicted octanol–water partition coefficient (Wildman–Crippen LogP) is -0.702. The number of nitrogens with zero attached hydrogens (tertiary/aromatic N) is 2. The standard InChI is InChI=1S/C9H18N4O3S/c1-6(2)7(5-14)12-17(15,16)8-4-13(3)11-9(8)10/h4,6-7,12,14H,5H2,1-3H3,(H2,10,11). The highest BCUT2D eigenvalue weighted by Crippen LogP contribution is 2.16. The van der Waals surface area contributed by atoms with Gasteiger partial charge in [-0.2, -0.15) is 5.10 Å². The van der Waals surface area contributed by atoms with E-state index in [1.54, 1.807) is 7.05 Å². The van der Waals surface area contributed by atoms with Gasteiger partial charge in [-0.05, 0) is 5.92 Å². The van der Waals surface area contributed by atoms with Crippen LogP contribution >= 0.6 is 0 Å². The van der Waals surface area contributed by atoms with Gasteiger partial charge in [-0.1, -0.05) is 13.8 Å². The Morgan fingerprint density at radius 1 is 1.59 bits per heavy atom. The first-order valence-electron chi connectivity index (χ1n) is 5.20. The summed E-state index contributed by atoms with van der Waals surface area (Å²) < 4.78 is 27.7. The average molecular weight is 262 g/mol. The maximum absolute atomic E-state index is 12.0. The van der Waals surface area contributed by atoms with E-state index in [1.807, 2.05) is 13.8 Å². The Morgan fingerprint density at radius 2 is 2.18 bits per heavy atom. The zero-order chi connectivity index (χ0) is 13.2. The van der Waals surface area contributed by atoms with Crippen molar-refractivity contribution in [3.8, 4) is 0 Å². The average Bonchev–Trinajstić information content (AvgIpc) is 2.54. The van der Waals surface area contributed by atoms with Crippen molar-refractivity contribution < 1.29 is 13.5 Å². The van der Waals surface area contributed by atoms with Gasteiger partial charge in [-0.25, -0.2) is 13.1 Å². The van der Waals surface area contributed by atoms with Gasteiger partial charge < -0.3 is 10.8 Å². The maximum atomic E-state index is 12.0. The fraction of sp³-hybridized carbons (Fsp3) is 0.667. The van der Waals surface area contributed by atoms with E-state index in [4.69, 9.17) is 10.8 Å². The van der Waals surface area contributed by atoms with Crippen molar-refractivity contribution in [2.45, 2.75) is 24.8 Å². The summed E-state index contributed by atoms with van der Waals surface area (Å²) in [7, 11) is -2.16. The molecule has 0 aliphatic carbocycles. The molecule has 0 saturated carbocycles. The Kier molecular flexibility index (Phi) is 4.12. The van der Waals surface area contributed by atoms with Crippen molar-refractivity contribution >= 4 is 15.8 Å². The first-order chi connectivity index (χ1) is 7.77. The number of aliphatic hydroxyl groups is 1. The first-order valence-corrected chi connectivity index (χ1v) is 6.68. The van der Waals surface area contributed by atoms with Crippen LogP contribution in [0.1, 0.15) is 13.8 Å². The highest BCUT2D eigenvalue weighted by atomic mass is 32.2. The molecule has 0 aliphatic rings. The second-order valence-corrected chi connectivity index (χ2v) is 5.89. The van der Waals surface area contributed by atoms with Crippen LogP contribution in [-0.2, 0) is 17.1 Å². The summed E-state index contributed by atoms with van der Waals surface area (Å²) in [5.41, 5.74) is 5.51. The summed E-state index contributed by atoms with van der Waals surface area (Å²) >= 11 is 0. The Bertz CT molecular complexity index is 480. The van der Waals surface area contributed by atoms with Crippen LogP contribution in [0.4, 0.5) is 5.82 Å². The van der Waals surface area contributed by atoms with Gasteiger partial charge >= 0.3 is 0 Å². The van der Waals surface area contributed by atoms with Gasteiger partial charge in [0.2, 0.25) is 10.0 Å². The number of aromatic nitrogens is 2. The predicted molar refractivity (Wildman–Crippen MR) is 63.7 cm³/mol. The van der Waals surface area contributed by atoms with Crippen molar-refractivity contribution in [1.29, 1.82) is 0 Å². The molecule has 0 saturated heterocycles. The molecular formula is C9H18N4O3S. The second kappa shape index (κ2) is 5.03. The minimum absolute atomic E-state index is 0.0207. The molecule has 1 unspecified atom stereocenters. The zero-order valence-corrected chi connectivity index (χ0v) is 10.9. The van der Waals surface area contributed by atoms with Crippen LogP contribution in [0.15, 0.2) is 11.1 Å². The van der Waals surface area contributed by atoms with Crippen molar-refractivity contribution in [3.63, 3.8) is 0 Å². The van der Waals surface area contributed by atoms with Gasteiger partial charge in [0.1, 0.15) is 4.90 Å². The SMILES string of the molecule is CC(C)C(CO)NS(=O)(=O)c1cn(C)nc1N. The molecule has 0 aliphatic heterocycles. The molecule has 0 aromatic carbocycles. The van der Waals surface area contributed by atoms with Gasteiger partial charge in [0, 0.05) is 19.3 Å². The van der Waals surface area contributed by atoms with Gasteiger partial charge in [0.15, 0.2) is 5.82 Å². The van der Waals surface area contributed by atoms with Crippen LogP contribution in [0.2, 0.25) is 0 Å². The molecule has 0 fully saturated rings. The molecule has 0 amide bonds. The molecule has 17 heavy (non-hydrogen) atoms. The fourth-order valence-electron chi connectivity index (χ4n) is 1.34. The van der Waals surface area contributed by atoms with Crippen molar-refractivity contribution in [2.24, 2.45) is 13.0 Å². The lowest BCUT2D eigenvalue weighted by molar-refractivity contribution is 0.227. The third kappa shape index (κ3) is 3.18. The lowest BCUT2D eigenvalue weighted by Crippen LogP contribution is -2.41. The van der Waals surface area contributed by atoms with E-state index in [1.165, 1.54) is 10.9 Å². The third-order valence-corrected chi connectivity index (χ3v) is 3.93. The molecule has 0 radical (unpaired) electrons. The molecule has 1 heterocycles. The normalized spacial score (nSPS) is 14.2. The molecule has 7 nitrogen and oxygen atoms in total. The van der Waals surface area contributed by atoms with Gasteiger partial charge in [-0.3, -0.25) is 4.68 Å². The van der Waals surface area contributed by atoms with Gasteiger partial charge in [0.05, 0.1) is 6.61 Å². The minimum Gasteiger partial charge on any atom is -0.395 e. The van der Waals surface area contributed by atoms with Crippen LogP contribution in [0.3, 0.4) is 0 Å². The quantitative estimate of drug-likeness (QED) is 0.649. The largest absolute Gasteiger partial charge is 0.395 e. The fourth-order valence-corrected chi connectivity index (χ4v) is 2.82. The molecule has 1 aromatic rings. The van der Waals surface area contributed by atoms with Crippen molar-refractivity contribution in [1.82, 2.24) is 14.5 Å². The Hall–Kier alpha value is -1.12. The summed E-state index contributed by atoms with van der Waals surface area (Å²) in [6, 6.07) is -0.542. The Labute approximate surface area is 101 Å². The van der Waals surface area contributed by atoms with Crippen LogP contribution < -0.4 is 10.5 Å². The maximum Gasteiger partial charge on any atom is 0.246 e. The molecule has 1 atom stereocenters. The Balaban J connectivity index is 3.00. The van der Waals surface area contributed by atoms with Crippen LogP contribution in [0.25, 0.3) is 0 Å². The van der Waals surface area contributed by atoms with Crippen molar-refractivity contribution in [2.75, 3.05) is 12.3 Å². The number of rotatable bonds is 5. The molecule has 0 spiro atoms. The number of nitrogen functional groups attached to an aromatic ring is 1. The van der Waals surface area contributed by atoms with E-state index in [2.05, 4.69) is 9.82 Å². The lowest BCUT2D eigenvalue weighted by atomic mass is 10.1. The number of nitrogens with two attached hydrogens (primary N) is 1. The van der Waals surface area contributed by atoms with Crippen molar-refractivity contribution in [3.05, 3.63) is 6.20 Å². The molecule has 4 N–H and O–H groups in total. The van der Waals surface area contributed by atoms with Gasteiger partial charge in [-0.15, -0.1) is 0 Å². The molecular weight excluding hydrogens is 244 g/mol. The number of nitrogens with one attached hydrogen (secondary N) is 1. The molecule has 0 bridgehead atoms. The summed E-state index contributed by atoms with van der Waals surface area (Å²) in [4.78, 5) is -0.0703. The topological polar surface area (TPSA) is 110 Å². The molecule has 98 valence electrons. The van der Waals surface area contributed by atoms with Gasteiger partial charge in [0.25, 0.3) is 0 Å². The van der Waals surface area contributed by atoms with E-state index in [-0.39, 0.29) is 23.2 Å². The highest BCUT2D eigenvalue weighted by Gasteiger charge is 2.25. The Morgan fingerprint density at radius 3 is 2.53 bits per heavy atom. The number of sulfonamides is 1. The first kappa shape index (κ1) is 13.9. The minimum atomic E-state index is -3.74. The highest BCUT2D eigenvalue weighted by molar-refractivity contribution is 7.89. The number of anilines is 1. The van der Waals surface area contributed by atoms with E-state index < -0.39 is 16.1 Å². The van der Waals surface area contributed by atoms with Crippen LogP contribution in [0, 0.1) is 5.92 Å². The van der Waals surface area contributed by atoms with E-state index in [0.29, 0.717) is 0 Å². The number of hydrogen-bond acceptors (Lipinski definition) is 5. The monoisotopic (exact) mass is 262 g/mol. The number of aliphatic hydroxyl groups excluding tert-OH is 1. The van der Waals surface area contributed by atoms with Crippen LogP contribution in [-0.4, -0.2) is 36.0 Å². The molecule has 1 rings (SSSR count). The smallest absolute Gasteiger partial charge is 0.246 e. The second-order valence-electron chi connectivity index (χ2n) is 4.21. The lowest BCUT2D eigenvalue weighted by Gasteiger charge is -2.19. The van der Waals surface area contributed by atoms with Crippen LogP contribution in [0.5, 0.6) is 0 Å². The number of aryl methyl sites for hydroxylation is 1. The van der Waals surface area contributed by atoms with E-state index >= 15 is 0 Å². The summed E-state index contributed by atoms with van der Waals surface area (Å²) in [6.07, 6.45) is 1.33. The third-order valence-electron chi connectivity index (χ3n) is 2.42. The summed E-state index contributed by atoms with van der Waals surface area (Å²) in [5.74, 6) is -0.0758. The van der Waals surface area contributed by atoms with E-state index in [9.17, 15) is 8.42 Å². The van der Waals surface area contributed by atoms with E-state index in [0.717, 1.165) is 0 Å². The summed E-state index contributed by atoms with van der Waals surface area (Å²) in [6.45, 7) is 3.36.